The van der Waals surface area contributed by atoms with Gasteiger partial charge in [0.25, 0.3) is 5.91 Å². The summed E-state index contributed by atoms with van der Waals surface area (Å²) in [7, 11) is 4.14. The highest BCUT2D eigenvalue weighted by Crippen LogP contribution is 2.54. The Morgan fingerprint density at radius 1 is 1.10 bits per heavy atom. The molecule has 204 valence electrons. The fourth-order valence-corrected chi connectivity index (χ4v) is 6.19. The highest BCUT2D eigenvalue weighted by Gasteiger charge is 2.48. The molecule has 1 amide bonds. The minimum Gasteiger partial charge on any atom is -0.397 e. The van der Waals surface area contributed by atoms with E-state index in [9.17, 15) is 4.79 Å². The number of carbonyl (C=O) groups is 1. The molecular formula is C31H33N7OS. The molecule has 6 rings (SSSR count). The molecule has 0 aliphatic heterocycles. The molecule has 40 heavy (non-hydrogen) atoms. The Morgan fingerprint density at radius 3 is 2.60 bits per heavy atom. The number of nitrogens with zero attached hydrogens (tertiary/aromatic N) is 4. The Bertz CT molecular complexity index is 1680. The zero-order chi connectivity index (χ0) is 27.9. The van der Waals surface area contributed by atoms with E-state index in [4.69, 9.17) is 15.7 Å². The number of imidazole rings is 1. The lowest BCUT2D eigenvalue weighted by atomic mass is 9.95. The molecule has 1 aliphatic carbocycles. The number of benzene rings is 2. The summed E-state index contributed by atoms with van der Waals surface area (Å²) in [4.78, 5) is 24.9. The highest BCUT2D eigenvalue weighted by molar-refractivity contribution is 7.10. The fraction of sp³-hybridized carbons (Fsp3) is 0.258. The number of para-hydroxylation sites is 2. The number of pyridine rings is 1. The third-order valence-corrected chi connectivity index (χ3v) is 8.55. The van der Waals surface area contributed by atoms with E-state index in [0.29, 0.717) is 16.9 Å². The fourth-order valence-electron chi connectivity index (χ4n) is 5.10. The van der Waals surface area contributed by atoms with Crippen LogP contribution < -0.4 is 16.4 Å². The van der Waals surface area contributed by atoms with E-state index in [1.54, 1.807) is 23.5 Å². The molecule has 3 heterocycles. The SMILES string of the molecule is Cc1nc2cc(NCCN(C)C)ccn2c1-c1csc(C2(c3ccc(C(=O)Nc4ccccc4N)cc3)CC2)n1. The molecule has 0 saturated heterocycles. The van der Waals surface area contributed by atoms with Gasteiger partial charge in [-0.25, -0.2) is 9.97 Å². The average molecular weight is 552 g/mol. The van der Waals surface area contributed by atoms with Gasteiger partial charge in [-0.1, -0.05) is 24.3 Å². The van der Waals surface area contributed by atoms with Gasteiger partial charge in [0, 0.05) is 47.4 Å². The van der Waals surface area contributed by atoms with Crippen LogP contribution in [0, 0.1) is 6.92 Å². The summed E-state index contributed by atoms with van der Waals surface area (Å²) >= 11 is 1.70. The first kappa shape index (κ1) is 26.0. The molecule has 3 aromatic heterocycles. The number of fused-ring (bicyclic) bond motifs is 1. The molecule has 1 saturated carbocycles. The van der Waals surface area contributed by atoms with Gasteiger partial charge in [-0.15, -0.1) is 11.3 Å². The highest BCUT2D eigenvalue weighted by atomic mass is 32.1. The number of hydrogen-bond acceptors (Lipinski definition) is 7. The lowest BCUT2D eigenvalue weighted by Crippen LogP contribution is -2.20. The summed E-state index contributed by atoms with van der Waals surface area (Å²) in [5, 5.41) is 9.62. The zero-order valence-electron chi connectivity index (χ0n) is 22.9. The first-order valence-corrected chi connectivity index (χ1v) is 14.3. The van der Waals surface area contributed by atoms with Crippen LogP contribution in [0.25, 0.3) is 17.0 Å². The van der Waals surface area contributed by atoms with Crippen molar-refractivity contribution in [2.24, 2.45) is 0 Å². The second kappa shape index (κ2) is 10.4. The molecule has 9 heteroatoms. The van der Waals surface area contributed by atoms with E-state index in [2.05, 4.69) is 69.9 Å². The number of nitrogen functional groups attached to an aromatic ring is 1. The number of thiazole rings is 1. The van der Waals surface area contributed by atoms with Gasteiger partial charge in [-0.3, -0.25) is 9.20 Å². The van der Waals surface area contributed by atoms with Crippen LogP contribution in [0.1, 0.15) is 39.5 Å². The zero-order valence-corrected chi connectivity index (χ0v) is 23.8. The first-order valence-electron chi connectivity index (χ1n) is 13.4. The molecule has 0 unspecified atom stereocenters. The number of amides is 1. The van der Waals surface area contributed by atoms with Crippen molar-refractivity contribution in [1.82, 2.24) is 19.3 Å². The van der Waals surface area contributed by atoms with Gasteiger partial charge in [0.2, 0.25) is 0 Å². The molecule has 0 radical (unpaired) electrons. The lowest BCUT2D eigenvalue weighted by Gasteiger charge is -2.14. The van der Waals surface area contributed by atoms with Crippen molar-refractivity contribution < 1.29 is 4.79 Å². The van der Waals surface area contributed by atoms with E-state index in [0.717, 1.165) is 59.4 Å². The summed E-state index contributed by atoms with van der Waals surface area (Å²) in [6.45, 7) is 3.88. The molecule has 0 atom stereocenters. The third-order valence-electron chi connectivity index (χ3n) is 7.50. The molecule has 0 bridgehead atoms. The number of nitrogens with two attached hydrogens (primary N) is 1. The quantitative estimate of drug-likeness (QED) is 0.205. The Labute approximate surface area is 237 Å². The van der Waals surface area contributed by atoms with Crippen LogP contribution in [-0.4, -0.2) is 52.4 Å². The van der Waals surface area contributed by atoms with Gasteiger partial charge in [0.1, 0.15) is 16.3 Å². The molecular weight excluding hydrogens is 518 g/mol. The van der Waals surface area contributed by atoms with Gasteiger partial charge < -0.3 is 21.3 Å². The third kappa shape index (κ3) is 4.94. The Balaban J connectivity index is 1.21. The maximum Gasteiger partial charge on any atom is 0.255 e. The molecule has 1 fully saturated rings. The van der Waals surface area contributed by atoms with E-state index in [-0.39, 0.29) is 11.3 Å². The van der Waals surface area contributed by atoms with Crippen molar-refractivity contribution in [3.8, 4) is 11.4 Å². The van der Waals surface area contributed by atoms with Crippen molar-refractivity contribution in [1.29, 1.82) is 0 Å². The van der Waals surface area contributed by atoms with Crippen LogP contribution in [0.2, 0.25) is 0 Å². The molecule has 8 nitrogen and oxygen atoms in total. The van der Waals surface area contributed by atoms with E-state index in [1.165, 1.54) is 5.56 Å². The number of aryl methyl sites for hydroxylation is 1. The minimum atomic E-state index is -0.176. The molecule has 0 spiro atoms. The van der Waals surface area contributed by atoms with Crippen LogP contribution >= 0.6 is 11.3 Å². The first-order chi connectivity index (χ1) is 19.3. The van der Waals surface area contributed by atoms with Crippen LogP contribution in [0.4, 0.5) is 17.1 Å². The maximum atomic E-state index is 12.8. The maximum absolute atomic E-state index is 12.8. The van der Waals surface area contributed by atoms with Crippen LogP contribution in [0.5, 0.6) is 0 Å². The number of aromatic nitrogens is 3. The number of anilines is 3. The van der Waals surface area contributed by atoms with Crippen LogP contribution in [0.15, 0.2) is 72.2 Å². The van der Waals surface area contributed by atoms with Crippen molar-refractivity contribution in [2.75, 3.05) is 43.6 Å². The number of hydrogen-bond donors (Lipinski definition) is 3. The Morgan fingerprint density at radius 2 is 1.88 bits per heavy atom. The van der Waals surface area contributed by atoms with Crippen molar-refractivity contribution in [3.05, 3.63) is 94.1 Å². The van der Waals surface area contributed by atoms with Crippen molar-refractivity contribution >= 4 is 40.0 Å². The molecule has 4 N–H and O–H groups in total. The second-order valence-corrected chi connectivity index (χ2v) is 11.5. The Kier molecular flexibility index (Phi) is 6.77. The van der Waals surface area contributed by atoms with Gasteiger partial charge in [0.15, 0.2) is 0 Å². The Hall–Kier alpha value is -4.21. The standard InChI is InChI=1S/C31H33N7OS/c1-20-28(38-16-12-23(18-27(38)34-20)33-15-17-37(2)3)26-19-40-30(36-26)31(13-14-31)22-10-8-21(9-11-22)29(39)35-25-7-5-4-6-24(25)32/h4-12,16,18-19,33H,13-15,17,32H2,1-3H3,(H,35,39). The minimum absolute atomic E-state index is 0.0975. The largest absolute Gasteiger partial charge is 0.397 e. The monoisotopic (exact) mass is 551 g/mol. The van der Waals surface area contributed by atoms with E-state index in [1.807, 2.05) is 31.2 Å². The number of likely N-dealkylation sites (N-methyl/N-ethyl adjacent to an activating group) is 1. The summed E-state index contributed by atoms with van der Waals surface area (Å²) < 4.78 is 2.12. The molecule has 1 aliphatic rings. The smallest absolute Gasteiger partial charge is 0.255 e. The van der Waals surface area contributed by atoms with Gasteiger partial charge in [-0.2, -0.15) is 0 Å². The average Bonchev–Trinajstić information content (AvgIpc) is 3.48. The normalized spacial score (nSPS) is 14.0. The van der Waals surface area contributed by atoms with Crippen molar-refractivity contribution in [2.45, 2.75) is 25.2 Å². The molecule has 5 aromatic rings. The predicted molar refractivity (Wildman–Crippen MR) is 163 cm³/mol. The number of rotatable bonds is 9. The summed E-state index contributed by atoms with van der Waals surface area (Å²) in [5.74, 6) is -0.176. The summed E-state index contributed by atoms with van der Waals surface area (Å²) in [6, 6.07) is 19.3. The topological polar surface area (TPSA) is 101 Å². The van der Waals surface area contributed by atoms with Crippen LogP contribution in [0.3, 0.4) is 0 Å². The lowest BCUT2D eigenvalue weighted by molar-refractivity contribution is 0.102. The second-order valence-electron chi connectivity index (χ2n) is 10.7. The molecule has 2 aromatic carbocycles. The van der Waals surface area contributed by atoms with E-state index < -0.39 is 0 Å². The number of nitrogens with one attached hydrogen (secondary N) is 2. The van der Waals surface area contributed by atoms with Gasteiger partial charge in [0.05, 0.1) is 22.8 Å². The van der Waals surface area contributed by atoms with Gasteiger partial charge in [-0.05, 0) is 69.8 Å². The van der Waals surface area contributed by atoms with Crippen molar-refractivity contribution in [3.63, 3.8) is 0 Å². The predicted octanol–water partition coefficient (Wildman–Crippen LogP) is 5.65. The van der Waals surface area contributed by atoms with E-state index >= 15 is 0 Å². The summed E-state index contributed by atoms with van der Waals surface area (Å²) in [6.07, 6.45) is 4.15. The summed E-state index contributed by atoms with van der Waals surface area (Å²) in [5.41, 5.74) is 13.7. The van der Waals surface area contributed by atoms with Gasteiger partial charge >= 0.3 is 0 Å². The van der Waals surface area contributed by atoms with Crippen LogP contribution in [-0.2, 0) is 5.41 Å². The number of carbonyl (C=O) groups excluding carboxylic acids is 1.